The summed E-state index contributed by atoms with van der Waals surface area (Å²) in [5.41, 5.74) is -2.26. The van der Waals surface area contributed by atoms with Crippen LogP contribution in [-0.2, 0) is 19.2 Å². The highest BCUT2D eigenvalue weighted by Crippen LogP contribution is 2.48. The van der Waals surface area contributed by atoms with E-state index in [0.717, 1.165) is 0 Å². The zero-order chi connectivity index (χ0) is 18.6. The maximum atomic E-state index is 13.4. The molecule has 0 unspecified atom stereocenters. The van der Waals surface area contributed by atoms with Gasteiger partial charge in [0.15, 0.2) is 11.6 Å². The topological polar surface area (TPSA) is 74.8 Å². The van der Waals surface area contributed by atoms with E-state index in [1.54, 1.807) is 0 Å². The van der Waals surface area contributed by atoms with Crippen LogP contribution in [0.25, 0.3) is 0 Å². The number of amides is 2. The molecule has 1 saturated heterocycles. The van der Waals surface area contributed by atoms with E-state index >= 15 is 0 Å². The Labute approximate surface area is 148 Å². The number of nitrogens with zero attached hydrogens (tertiary/aromatic N) is 2. The quantitative estimate of drug-likeness (QED) is 0.577. The van der Waals surface area contributed by atoms with E-state index in [0.29, 0.717) is 45.2 Å². The molecular weight excluding hydrogens is 320 g/mol. The summed E-state index contributed by atoms with van der Waals surface area (Å²) in [5, 5.41) is 0. The highest BCUT2D eigenvalue weighted by molar-refractivity contribution is 6.35. The van der Waals surface area contributed by atoms with Crippen LogP contribution in [0.5, 0.6) is 0 Å². The minimum Gasteiger partial charge on any atom is -0.296 e. The molecule has 3 aliphatic heterocycles. The first kappa shape index (κ1) is 17.8. The minimum absolute atomic E-state index is 0.0892. The summed E-state index contributed by atoms with van der Waals surface area (Å²) in [6, 6.07) is 0. The predicted molar refractivity (Wildman–Crippen MR) is 91.1 cm³/mol. The van der Waals surface area contributed by atoms with Crippen molar-refractivity contribution in [2.45, 2.75) is 59.8 Å². The molecule has 6 nitrogen and oxygen atoms in total. The molecule has 0 bridgehead atoms. The molecule has 2 amide bonds. The van der Waals surface area contributed by atoms with E-state index in [-0.39, 0.29) is 34.8 Å². The van der Waals surface area contributed by atoms with Gasteiger partial charge in [-0.1, -0.05) is 27.7 Å². The molecule has 1 fully saturated rings. The highest BCUT2D eigenvalue weighted by atomic mass is 16.2. The van der Waals surface area contributed by atoms with Gasteiger partial charge in [0.05, 0.1) is 0 Å². The van der Waals surface area contributed by atoms with Gasteiger partial charge in [-0.15, -0.1) is 0 Å². The lowest BCUT2D eigenvalue weighted by atomic mass is 9.64. The minimum atomic E-state index is -1.18. The molecule has 0 atom stereocenters. The molecule has 0 saturated carbocycles. The van der Waals surface area contributed by atoms with Crippen molar-refractivity contribution < 1.29 is 19.2 Å². The van der Waals surface area contributed by atoms with E-state index in [2.05, 4.69) is 0 Å². The molecule has 0 aromatic carbocycles. The second-order valence-electron chi connectivity index (χ2n) is 7.20. The number of allylic oxidation sites excluding steroid dienone is 1. The summed E-state index contributed by atoms with van der Waals surface area (Å²) in [7, 11) is 0. The number of rotatable bonds is 4. The molecule has 25 heavy (non-hydrogen) atoms. The van der Waals surface area contributed by atoms with Crippen LogP contribution in [0, 0.1) is 10.8 Å². The van der Waals surface area contributed by atoms with Crippen LogP contribution in [0.1, 0.15) is 59.8 Å². The molecule has 0 aromatic heterocycles. The summed E-state index contributed by atoms with van der Waals surface area (Å²) in [6.45, 7) is 8.18. The molecule has 3 heterocycles. The van der Waals surface area contributed by atoms with Gasteiger partial charge in [-0.2, -0.15) is 0 Å². The number of carbonyl (C=O) groups is 4. The Kier molecular flexibility index (Phi) is 4.12. The van der Waals surface area contributed by atoms with Crippen molar-refractivity contribution in [2.75, 3.05) is 13.1 Å². The summed E-state index contributed by atoms with van der Waals surface area (Å²) in [4.78, 5) is 56.0. The summed E-state index contributed by atoms with van der Waals surface area (Å²) in [6.07, 6.45) is 2.10. The van der Waals surface area contributed by atoms with Gasteiger partial charge in [-0.25, -0.2) is 0 Å². The van der Waals surface area contributed by atoms with Gasteiger partial charge in [-0.3, -0.25) is 29.0 Å². The molecule has 3 rings (SSSR count). The van der Waals surface area contributed by atoms with E-state index in [1.165, 1.54) is 9.80 Å². The number of ketones is 2. The maximum absolute atomic E-state index is 13.4. The Balaban J connectivity index is 2.31. The summed E-state index contributed by atoms with van der Waals surface area (Å²) >= 11 is 0. The molecule has 6 heteroatoms. The second kappa shape index (κ2) is 5.78. The average Bonchev–Trinajstić information content (AvgIpc) is 2.63. The van der Waals surface area contributed by atoms with Crippen LogP contribution in [0.2, 0.25) is 0 Å². The van der Waals surface area contributed by atoms with Gasteiger partial charge in [0.25, 0.3) is 0 Å². The Morgan fingerprint density at radius 1 is 0.720 bits per heavy atom. The zero-order valence-corrected chi connectivity index (χ0v) is 15.5. The molecule has 0 aromatic rings. The van der Waals surface area contributed by atoms with Gasteiger partial charge < -0.3 is 0 Å². The lowest BCUT2D eigenvalue weighted by Gasteiger charge is -2.52. The largest absolute Gasteiger partial charge is 0.296 e. The molecule has 136 valence electrons. The van der Waals surface area contributed by atoms with Crippen molar-refractivity contribution in [1.29, 1.82) is 0 Å². The van der Waals surface area contributed by atoms with E-state index in [9.17, 15) is 19.2 Å². The summed E-state index contributed by atoms with van der Waals surface area (Å²) in [5.74, 6) is -1.03. The fourth-order valence-corrected chi connectivity index (χ4v) is 4.65. The molecule has 0 spiro atoms. The van der Waals surface area contributed by atoms with Gasteiger partial charge in [0.2, 0.25) is 11.8 Å². The van der Waals surface area contributed by atoms with Crippen molar-refractivity contribution >= 4 is 23.4 Å². The van der Waals surface area contributed by atoms with Gasteiger partial charge >= 0.3 is 0 Å². The Bertz CT molecular complexity index is 642. The maximum Gasteiger partial charge on any atom is 0.242 e. The second-order valence-corrected chi connectivity index (χ2v) is 7.20. The van der Waals surface area contributed by atoms with E-state index < -0.39 is 10.8 Å². The van der Waals surface area contributed by atoms with Crippen molar-refractivity contribution in [3.8, 4) is 0 Å². The third kappa shape index (κ3) is 1.91. The first-order chi connectivity index (χ1) is 11.9. The van der Waals surface area contributed by atoms with E-state index in [4.69, 9.17) is 0 Å². The van der Waals surface area contributed by atoms with Crippen molar-refractivity contribution in [3.05, 3.63) is 11.4 Å². The third-order valence-corrected chi connectivity index (χ3v) is 6.55. The van der Waals surface area contributed by atoms with Crippen molar-refractivity contribution in [2.24, 2.45) is 10.8 Å². The SMILES string of the molecule is CCC1(CC)C(=O)C2=C3N(CCCN3C(=O)C(CC)(CC)C2=O)C1=O. The van der Waals surface area contributed by atoms with E-state index in [1.807, 2.05) is 27.7 Å². The third-order valence-electron chi connectivity index (χ3n) is 6.55. The zero-order valence-electron chi connectivity index (χ0n) is 15.5. The van der Waals surface area contributed by atoms with Crippen LogP contribution in [0.4, 0.5) is 0 Å². The molecule has 0 aliphatic carbocycles. The smallest absolute Gasteiger partial charge is 0.242 e. The van der Waals surface area contributed by atoms with Crippen LogP contribution >= 0.6 is 0 Å². The van der Waals surface area contributed by atoms with Crippen LogP contribution in [0.15, 0.2) is 11.4 Å². The number of hydrogen-bond acceptors (Lipinski definition) is 4. The van der Waals surface area contributed by atoms with Crippen molar-refractivity contribution in [1.82, 2.24) is 9.80 Å². The van der Waals surface area contributed by atoms with Gasteiger partial charge in [-0.05, 0) is 32.1 Å². The summed E-state index contributed by atoms with van der Waals surface area (Å²) < 4.78 is 0. The Morgan fingerprint density at radius 2 is 1.08 bits per heavy atom. The highest BCUT2D eigenvalue weighted by Gasteiger charge is 2.62. The van der Waals surface area contributed by atoms with Crippen LogP contribution in [-0.4, -0.2) is 46.3 Å². The number of carbonyl (C=O) groups excluding carboxylic acids is 4. The Morgan fingerprint density at radius 3 is 1.40 bits per heavy atom. The molecule has 0 radical (unpaired) electrons. The lowest BCUT2D eigenvalue weighted by molar-refractivity contribution is -0.161. The fourth-order valence-electron chi connectivity index (χ4n) is 4.65. The monoisotopic (exact) mass is 346 g/mol. The number of Topliss-reactive ketones (excluding diaryl/α,β-unsaturated/α-hetero) is 2. The average molecular weight is 346 g/mol. The first-order valence-corrected chi connectivity index (χ1v) is 9.34. The molecule has 3 aliphatic rings. The Hall–Kier alpha value is -1.98. The standard InChI is InChI=1S/C19H26N2O4/c1-5-18(6-2)13(22)12-14(23)19(7-3,8-4)17(25)21-11-9-10-20(15(12)21)16(18)24/h5-11H2,1-4H3. The molecular formula is C19H26N2O4. The molecule has 0 N–H and O–H groups in total. The van der Waals surface area contributed by atoms with Crippen molar-refractivity contribution in [3.63, 3.8) is 0 Å². The lowest BCUT2D eigenvalue weighted by Crippen LogP contribution is -2.66. The van der Waals surface area contributed by atoms with Crippen LogP contribution in [0.3, 0.4) is 0 Å². The normalized spacial score (nSPS) is 24.8. The van der Waals surface area contributed by atoms with Gasteiger partial charge in [0, 0.05) is 13.1 Å². The van der Waals surface area contributed by atoms with Gasteiger partial charge in [0.1, 0.15) is 22.2 Å². The first-order valence-electron chi connectivity index (χ1n) is 9.34. The van der Waals surface area contributed by atoms with Crippen LogP contribution < -0.4 is 0 Å². The fraction of sp³-hybridized carbons (Fsp3) is 0.684. The predicted octanol–water partition coefficient (Wildman–Crippen LogP) is 2.04. The number of hydrogen-bond donors (Lipinski definition) is 0.